The van der Waals surface area contributed by atoms with Gasteiger partial charge in [0, 0.05) is 6.04 Å². The Morgan fingerprint density at radius 1 is 1.24 bits per heavy atom. The molecule has 4 heteroatoms. The molecule has 1 aliphatic heterocycles. The number of rotatable bonds is 3. The van der Waals surface area contributed by atoms with Gasteiger partial charge in [-0.15, -0.1) is 0 Å². The number of hydrogen-bond acceptors (Lipinski definition) is 2. The molecule has 3 rings (SSSR count). The topological polar surface area (TPSA) is 35.2 Å². The lowest BCUT2D eigenvalue weighted by Crippen LogP contribution is -2.35. The molecule has 0 bridgehead atoms. The van der Waals surface area contributed by atoms with Crippen molar-refractivity contribution < 1.29 is 9.13 Å². The fourth-order valence-electron chi connectivity index (χ4n) is 2.85. The van der Waals surface area contributed by atoms with Gasteiger partial charge in [-0.1, -0.05) is 48.0 Å². The summed E-state index contributed by atoms with van der Waals surface area (Å²) in [7, 11) is 0. The normalized spacial score (nSPS) is 19.1. The highest BCUT2D eigenvalue weighted by molar-refractivity contribution is 6.30. The van der Waals surface area contributed by atoms with Crippen LogP contribution in [-0.4, -0.2) is 12.6 Å². The van der Waals surface area contributed by atoms with Gasteiger partial charge >= 0.3 is 0 Å². The van der Waals surface area contributed by atoms with Crippen molar-refractivity contribution in [3.63, 3.8) is 0 Å². The average Bonchev–Trinajstić information content (AvgIpc) is 2.51. The third-order valence-electron chi connectivity index (χ3n) is 3.91. The molecule has 2 aromatic rings. The molecule has 2 nitrogen and oxygen atoms in total. The molecule has 2 N–H and O–H groups in total. The standard InChI is InChI=1S/C17H17ClFNO/c18-14-7-3-5-12(16(14)19)10-15(20)17-13-6-2-1-4-11(13)8-9-21-17/h1-7,15,17H,8-10,20H2. The van der Waals surface area contributed by atoms with E-state index < -0.39 is 5.82 Å². The molecule has 1 aliphatic rings. The number of nitrogens with two attached hydrogens (primary N) is 1. The Balaban J connectivity index is 1.83. The van der Waals surface area contributed by atoms with Gasteiger partial charge < -0.3 is 10.5 Å². The second-order valence-corrected chi connectivity index (χ2v) is 5.73. The SMILES string of the molecule is NC(Cc1cccc(Cl)c1F)C1OCCc2ccccc21. The highest BCUT2D eigenvalue weighted by Crippen LogP contribution is 2.30. The molecule has 2 aromatic carbocycles. The van der Waals surface area contributed by atoms with Crippen LogP contribution in [0.5, 0.6) is 0 Å². The van der Waals surface area contributed by atoms with Gasteiger partial charge in [0.05, 0.1) is 17.7 Å². The summed E-state index contributed by atoms with van der Waals surface area (Å²) < 4.78 is 19.8. The van der Waals surface area contributed by atoms with E-state index in [2.05, 4.69) is 6.07 Å². The van der Waals surface area contributed by atoms with Crippen LogP contribution in [-0.2, 0) is 17.6 Å². The quantitative estimate of drug-likeness (QED) is 0.939. The van der Waals surface area contributed by atoms with Crippen molar-refractivity contribution >= 4 is 11.6 Å². The Bertz CT molecular complexity index is 646. The molecule has 0 radical (unpaired) electrons. The number of benzene rings is 2. The van der Waals surface area contributed by atoms with Gasteiger partial charge in [0.25, 0.3) is 0 Å². The first kappa shape index (κ1) is 14.5. The van der Waals surface area contributed by atoms with E-state index in [0.29, 0.717) is 18.6 Å². The van der Waals surface area contributed by atoms with Crippen LogP contribution in [0.3, 0.4) is 0 Å². The molecular weight excluding hydrogens is 289 g/mol. The maximum absolute atomic E-state index is 14.0. The number of halogens is 2. The number of fused-ring (bicyclic) bond motifs is 1. The van der Waals surface area contributed by atoms with Crippen molar-refractivity contribution in [2.45, 2.75) is 25.0 Å². The minimum atomic E-state index is -0.390. The van der Waals surface area contributed by atoms with Crippen molar-refractivity contribution in [1.82, 2.24) is 0 Å². The van der Waals surface area contributed by atoms with Gasteiger partial charge in [0.15, 0.2) is 0 Å². The summed E-state index contributed by atoms with van der Waals surface area (Å²) in [5, 5.41) is 0.129. The monoisotopic (exact) mass is 305 g/mol. The first-order valence-electron chi connectivity index (χ1n) is 7.04. The van der Waals surface area contributed by atoms with Crippen LogP contribution in [0.2, 0.25) is 5.02 Å². The first-order valence-corrected chi connectivity index (χ1v) is 7.42. The molecule has 2 unspecified atom stereocenters. The van der Waals surface area contributed by atoms with Gasteiger partial charge in [-0.2, -0.15) is 0 Å². The predicted molar refractivity (Wildman–Crippen MR) is 81.9 cm³/mol. The van der Waals surface area contributed by atoms with E-state index in [1.807, 2.05) is 18.2 Å². The number of ether oxygens (including phenoxy) is 1. The van der Waals surface area contributed by atoms with Crippen molar-refractivity contribution in [3.8, 4) is 0 Å². The van der Waals surface area contributed by atoms with E-state index in [1.54, 1.807) is 18.2 Å². The lowest BCUT2D eigenvalue weighted by Gasteiger charge is -2.30. The van der Waals surface area contributed by atoms with Crippen molar-refractivity contribution in [2.75, 3.05) is 6.61 Å². The van der Waals surface area contributed by atoms with E-state index in [9.17, 15) is 4.39 Å². The van der Waals surface area contributed by atoms with Crippen LogP contribution in [0, 0.1) is 5.82 Å². The van der Waals surface area contributed by atoms with Gasteiger partial charge in [-0.3, -0.25) is 0 Å². The highest BCUT2D eigenvalue weighted by atomic mass is 35.5. The molecule has 110 valence electrons. The minimum Gasteiger partial charge on any atom is -0.372 e. The van der Waals surface area contributed by atoms with Gasteiger partial charge in [-0.05, 0) is 35.6 Å². The van der Waals surface area contributed by atoms with E-state index in [1.165, 1.54) is 5.56 Å². The maximum atomic E-state index is 14.0. The molecule has 0 amide bonds. The predicted octanol–water partition coefficient (Wildman–Crippen LogP) is 3.66. The van der Waals surface area contributed by atoms with Gasteiger partial charge in [-0.25, -0.2) is 4.39 Å². The van der Waals surface area contributed by atoms with Crippen LogP contribution in [0.4, 0.5) is 4.39 Å². The summed E-state index contributed by atoms with van der Waals surface area (Å²) in [6.45, 7) is 0.646. The second-order valence-electron chi connectivity index (χ2n) is 5.32. The Hall–Kier alpha value is -1.42. The molecule has 0 fully saturated rings. The van der Waals surface area contributed by atoms with Crippen LogP contribution >= 0.6 is 11.6 Å². The Morgan fingerprint density at radius 3 is 2.90 bits per heavy atom. The lowest BCUT2D eigenvalue weighted by molar-refractivity contribution is 0.0245. The summed E-state index contributed by atoms with van der Waals surface area (Å²) in [5.41, 5.74) is 9.18. The van der Waals surface area contributed by atoms with E-state index >= 15 is 0 Å². The van der Waals surface area contributed by atoms with E-state index in [4.69, 9.17) is 22.1 Å². The Morgan fingerprint density at radius 2 is 2.05 bits per heavy atom. The third kappa shape index (κ3) is 2.95. The van der Waals surface area contributed by atoms with Crippen molar-refractivity contribution in [3.05, 3.63) is 70.0 Å². The van der Waals surface area contributed by atoms with Crippen molar-refractivity contribution in [1.29, 1.82) is 0 Å². The maximum Gasteiger partial charge on any atom is 0.145 e. The van der Waals surface area contributed by atoms with Crippen LogP contribution in [0.1, 0.15) is 22.8 Å². The summed E-state index contributed by atoms with van der Waals surface area (Å²) >= 11 is 5.82. The molecule has 0 saturated carbocycles. The molecule has 0 saturated heterocycles. The van der Waals surface area contributed by atoms with Crippen LogP contribution in [0.25, 0.3) is 0 Å². The Labute approximate surface area is 128 Å². The lowest BCUT2D eigenvalue weighted by atomic mass is 9.90. The van der Waals surface area contributed by atoms with Crippen LogP contribution < -0.4 is 5.73 Å². The summed E-state index contributed by atoms with van der Waals surface area (Å²) in [6.07, 6.45) is 1.09. The highest BCUT2D eigenvalue weighted by Gasteiger charge is 2.27. The zero-order valence-corrected chi connectivity index (χ0v) is 12.3. The summed E-state index contributed by atoms with van der Waals surface area (Å²) in [5.74, 6) is -0.390. The molecule has 0 aromatic heterocycles. The minimum absolute atomic E-state index is 0.129. The first-order chi connectivity index (χ1) is 10.2. The van der Waals surface area contributed by atoms with Crippen LogP contribution in [0.15, 0.2) is 42.5 Å². The summed E-state index contributed by atoms with van der Waals surface area (Å²) in [4.78, 5) is 0. The fourth-order valence-corrected chi connectivity index (χ4v) is 3.04. The summed E-state index contributed by atoms with van der Waals surface area (Å²) in [6, 6.07) is 12.8. The molecule has 0 aliphatic carbocycles. The fraction of sp³-hybridized carbons (Fsp3) is 0.294. The zero-order valence-electron chi connectivity index (χ0n) is 11.6. The average molecular weight is 306 g/mol. The van der Waals surface area contributed by atoms with Gasteiger partial charge in [0.1, 0.15) is 5.82 Å². The molecular formula is C17H17ClFNO. The molecule has 21 heavy (non-hydrogen) atoms. The Kier molecular flexibility index (Phi) is 4.24. The smallest absolute Gasteiger partial charge is 0.145 e. The third-order valence-corrected chi connectivity index (χ3v) is 4.20. The zero-order chi connectivity index (χ0) is 14.8. The largest absolute Gasteiger partial charge is 0.372 e. The second kappa shape index (κ2) is 6.14. The van der Waals surface area contributed by atoms with E-state index in [-0.39, 0.29) is 17.2 Å². The van der Waals surface area contributed by atoms with Gasteiger partial charge in [0.2, 0.25) is 0 Å². The number of hydrogen-bond donors (Lipinski definition) is 1. The van der Waals surface area contributed by atoms with Crippen molar-refractivity contribution in [2.24, 2.45) is 5.73 Å². The van der Waals surface area contributed by atoms with E-state index in [0.717, 1.165) is 12.0 Å². The molecule has 0 spiro atoms. The molecule has 1 heterocycles. The molecule has 2 atom stereocenters.